The van der Waals surface area contributed by atoms with Gasteiger partial charge in [0.1, 0.15) is 5.69 Å². The van der Waals surface area contributed by atoms with Crippen LogP contribution in [0.2, 0.25) is 5.02 Å². The van der Waals surface area contributed by atoms with E-state index in [2.05, 4.69) is 4.98 Å². The molecular formula is C14H13ClN2O4. The van der Waals surface area contributed by atoms with Crippen LogP contribution in [0.25, 0.3) is 10.9 Å². The predicted octanol–water partition coefficient (Wildman–Crippen LogP) is 1.75. The lowest BCUT2D eigenvalue weighted by molar-refractivity contribution is -0.154. The Morgan fingerprint density at radius 3 is 2.95 bits per heavy atom. The van der Waals surface area contributed by atoms with E-state index in [1.54, 1.807) is 18.2 Å². The van der Waals surface area contributed by atoms with Gasteiger partial charge in [-0.1, -0.05) is 17.7 Å². The van der Waals surface area contributed by atoms with Gasteiger partial charge in [-0.25, -0.2) is 4.79 Å². The fourth-order valence-electron chi connectivity index (χ4n) is 2.37. The van der Waals surface area contributed by atoms with Crippen molar-refractivity contribution in [1.29, 1.82) is 0 Å². The third kappa shape index (κ3) is 2.72. The number of hydrogen-bond donors (Lipinski definition) is 2. The number of hydrogen-bond acceptors (Lipinski definition) is 3. The van der Waals surface area contributed by atoms with Crippen molar-refractivity contribution in [1.82, 2.24) is 9.88 Å². The summed E-state index contributed by atoms with van der Waals surface area (Å²) in [7, 11) is 0. The zero-order valence-corrected chi connectivity index (χ0v) is 11.8. The third-order valence-electron chi connectivity index (χ3n) is 3.44. The largest absolute Gasteiger partial charge is 0.479 e. The molecule has 21 heavy (non-hydrogen) atoms. The van der Waals surface area contributed by atoms with Gasteiger partial charge in [0.05, 0.1) is 13.2 Å². The predicted molar refractivity (Wildman–Crippen MR) is 76.6 cm³/mol. The SMILES string of the molecule is O=C(O)[C@@H]1CN(C(=O)c2cc3ccc(Cl)cc3[nH]2)CCO1. The number of carbonyl (C=O) groups excluding carboxylic acids is 1. The van der Waals surface area contributed by atoms with Crippen LogP contribution in [0.1, 0.15) is 10.5 Å². The molecule has 2 heterocycles. The van der Waals surface area contributed by atoms with Crippen LogP contribution in [-0.4, -0.2) is 52.7 Å². The smallest absolute Gasteiger partial charge is 0.334 e. The van der Waals surface area contributed by atoms with Gasteiger partial charge >= 0.3 is 5.97 Å². The second-order valence-electron chi connectivity index (χ2n) is 4.86. The minimum Gasteiger partial charge on any atom is -0.479 e. The number of carboxylic acids is 1. The molecule has 2 N–H and O–H groups in total. The molecule has 3 rings (SSSR count). The van der Waals surface area contributed by atoms with Gasteiger partial charge in [0, 0.05) is 22.5 Å². The molecule has 1 aromatic carbocycles. The van der Waals surface area contributed by atoms with E-state index in [0.717, 1.165) is 10.9 Å². The molecule has 1 aliphatic heterocycles. The lowest BCUT2D eigenvalue weighted by Gasteiger charge is -2.30. The number of aromatic amines is 1. The third-order valence-corrected chi connectivity index (χ3v) is 3.68. The highest BCUT2D eigenvalue weighted by Gasteiger charge is 2.30. The van der Waals surface area contributed by atoms with Crippen molar-refractivity contribution >= 4 is 34.4 Å². The molecule has 1 saturated heterocycles. The Balaban J connectivity index is 1.84. The maximum Gasteiger partial charge on any atom is 0.334 e. The maximum atomic E-state index is 12.4. The number of aliphatic carboxylic acids is 1. The van der Waals surface area contributed by atoms with Gasteiger partial charge in [0.15, 0.2) is 6.10 Å². The van der Waals surface area contributed by atoms with Crippen molar-refractivity contribution in [2.75, 3.05) is 19.7 Å². The van der Waals surface area contributed by atoms with E-state index in [0.29, 0.717) is 17.3 Å². The molecule has 2 aromatic rings. The first-order valence-corrected chi connectivity index (χ1v) is 6.84. The minimum atomic E-state index is -1.06. The van der Waals surface area contributed by atoms with Crippen molar-refractivity contribution in [2.24, 2.45) is 0 Å². The molecule has 1 aromatic heterocycles. The molecule has 0 radical (unpaired) electrons. The van der Waals surface area contributed by atoms with Gasteiger partial charge in [-0.05, 0) is 18.2 Å². The van der Waals surface area contributed by atoms with Crippen LogP contribution in [0, 0.1) is 0 Å². The van der Waals surface area contributed by atoms with Gasteiger partial charge in [-0.3, -0.25) is 4.79 Å². The van der Waals surface area contributed by atoms with Crippen molar-refractivity contribution in [3.8, 4) is 0 Å². The van der Waals surface area contributed by atoms with Gasteiger partial charge in [-0.15, -0.1) is 0 Å². The number of halogens is 1. The van der Waals surface area contributed by atoms with Crippen LogP contribution in [-0.2, 0) is 9.53 Å². The van der Waals surface area contributed by atoms with Crippen LogP contribution in [0.15, 0.2) is 24.3 Å². The van der Waals surface area contributed by atoms with Gasteiger partial charge in [-0.2, -0.15) is 0 Å². The van der Waals surface area contributed by atoms with Crippen LogP contribution >= 0.6 is 11.6 Å². The first kappa shape index (κ1) is 13.9. The lowest BCUT2D eigenvalue weighted by Crippen LogP contribution is -2.48. The highest BCUT2D eigenvalue weighted by Crippen LogP contribution is 2.21. The Kier molecular flexibility index (Phi) is 3.57. The Morgan fingerprint density at radius 1 is 1.38 bits per heavy atom. The minimum absolute atomic E-state index is 0.0459. The van der Waals surface area contributed by atoms with Crippen molar-refractivity contribution < 1.29 is 19.4 Å². The molecule has 1 fully saturated rings. The number of ether oxygens (including phenoxy) is 1. The molecule has 7 heteroatoms. The molecule has 0 saturated carbocycles. The van der Waals surface area contributed by atoms with E-state index in [1.807, 2.05) is 6.07 Å². The molecular weight excluding hydrogens is 296 g/mol. The first-order chi connectivity index (χ1) is 10.0. The van der Waals surface area contributed by atoms with E-state index in [1.165, 1.54) is 4.90 Å². The van der Waals surface area contributed by atoms with Crippen LogP contribution in [0.3, 0.4) is 0 Å². The first-order valence-electron chi connectivity index (χ1n) is 6.46. The number of carbonyl (C=O) groups is 2. The number of carboxylic acid groups (broad SMARTS) is 1. The van der Waals surface area contributed by atoms with E-state index < -0.39 is 12.1 Å². The molecule has 1 amide bonds. The summed E-state index contributed by atoms with van der Waals surface area (Å²) in [5, 5.41) is 10.4. The normalized spacial score (nSPS) is 18.9. The number of nitrogens with one attached hydrogen (secondary N) is 1. The summed E-state index contributed by atoms with van der Waals surface area (Å²) in [6.45, 7) is 0.637. The second kappa shape index (κ2) is 5.38. The molecule has 0 unspecified atom stereocenters. The zero-order valence-electron chi connectivity index (χ0n) is 11.0. The van der Waals surface area contributed by atoms with E-state index in [-0.39, 0.29) is 19.1 Å². The standard InChI is InChI=1S/C14H13ClN2O4/c15-9-2-1-8-5-11(16-10(8)6-9)13(18)17-3-4-21-12(7-17)14(19)20/h1-2,5-6,12,16H,3-4,7H2,(H,19,20)/t12-/m0/s1. The Labute approximate surface area is 125 Å². The summed E-state index contributed by atoms with van der Waals surface area (Å²) >= 11 is 5.91. The number of H-pyrrole nitrogens is 1. The van der Waals surface area contributed by atoms with E-state index >= 15 is 0 Å². The van der Waals surface area contributed by atoms with Crippen LogP contribution < -0.4 is 0 Å². The van der Waals surface area contributed by atoms with E-state index in [4.69, 9.17) is 21.4 Å². The number of fused-ring (bicyclic) bond motifs is 1. The number of benzene rings is 1. The highest BCUT2D eigenvalue weighted by atomic mass is 35.5. The van der Waals surface area contributed by atoms with Crippen molar-refractivity contribution in [2.45, 2.75) is 6.10 Å². The summed E-state index contributed by atoms with van der Waals surface area (Å²) < 4.78 is 5.11. The Morgan fingerprint density at radius 2 is 2.19 bits per heavy atom. The van der Waals surface area contributed by atoms with E-state index in [9.17, 15) is 9.59 Å². The number of nitrogens with zero attached hydrogens (tertiary/aromatic N) is 1. The lowest BCUT2D eigenvalue weighted by atomic mass is 10.2. The summed E-state index contributed by atoms with van der Waals surface area (Å²) in [5.74, 6) is -1.30. The summed E-state index contributed by atoms with van der Waals surface area (Å²) in [5.41, 5.74) is 1.19. The zero-order chi connectivity index (χ0) is 15.0. The summed E-state index contributed by atoms with van der Waals surface area (Å²) in [4.78, 5) is 27.9. The fraction of sp³-hybridized carbons (Fsp3) is 0.286. The van der Waals surface area contributed by atoms with Crippen LogP contribution in [0.4, 0.5) is 0 Å². The molecule has 0 spiro atoms. The maximum absolute atomic E-state index is 12.4. The average Bonchev–Trinajstić information content (AvgIpc) is 2.89. The van der Waals surface area contributed by atoms with Gasteiger partial charge < -0.3 is 19.7 Å². The fourth-order valence-corrected chi connectivity index (χ4v) is 2.54. The monoisotopic (exact) mass is 308 g/mol. The Hall–Kier alpha value is -2.05. The quantitative estimate of drug-likeness (QED) is 0.885. The molecule has 0 aliphatic carbocycles. The summed E-state index contributed by atoms with van der Waals surface area (Å²) in [6.07, 6.45) is -0.971. The molecule has 6 nitrogen and oxygen atoms in total. The highest BCUT2D eigenvalue weighted by molar-refractivity contribution is 6.31. The van der Waals surface area contributed by atoms with Gasteiger partial charge in [0.2, 0.25) is 0 Å². The average molecular weight is 309 g/mol. The number of rotatable bonds is 2. The second-order valence-corrected chi connectivity index (χ2v) is 5.30. The Bertz CT molecular complexity index is 712. The summed E-state index contributed by atoms with van der Waals surface area (Å²) in [6, 6.07) is 7.05. The molecule has 110 valence electrons. The van der Waals surface area contributed by atoms with Crippen LogP contribution in [0.5, 0.6) is 0 Å². The number of amides is 1. The molecule has 1 atom stereocenters. The number of morpholine rings is 1. The molecule has 1 aliphatic rings. The van der Waals surface area contributed by atoms with Crippen molar-refractivity contribution in [3.63, 3.8) is 0 Å². The number of aromatic nitrogens is 1. The molecule has 0 bridgehead atoms. The topological polar surface area (TPSA) is 82.6 Å². The van der Waals surface area contributed by atoms with Gasteiger partial charge in [0.25, 0.3) is 5.91 Å². The van der Waals surface area contributed by atoms with Crippen molar-refractivity contribution in [3.05, 3.63) is 35.0 Å².